The molecule has 0 unspecified atom stereocenters. The van der Waals surface area contributed by atoms with E-state index in [1.165, 1.54) is 0 Å². The summed E-state index contributed by atoms with van der Waals surface area (Å²) in [6.45, 7) is 6.40. The van der Waals surface area contributed by atoms with E-state index in [4.69, 9.17) is 0 Å². The van der Waals surface area contributed by atoms with Gasteiger partial charge in [-0.3, -0.25) is 14.4 Å². The molecule has 0 bridgehead atoms. The first-order chi connectivity index (χ1) is 16.1. The predicted octanol–water partition coefficient (Wildman–Crippen LogP) is 5.16. The van der Waals surface area contributed by atoms with Gasteiger partial charge >= 0.3 is 11.7 Å². The molecule has 1 aromatic heterocycles. The number of para-hydroxylation sites is 2. The lowest BCUT2D eigenvalue weighted by atomic mass is 10.1. The summed E-state index contributed by atoms with van der Waals surface area (Å²) in [5, 5.41) is 0. The third-order valence-corrected chi connectivity index (χ3v) is 5.76. The summed E-state index contributed by atoms with van der Waals surface area (Å²) in [6, 6.07) is 28.1. The summed E-state index contributed by atoms with van der Waals surface area (Å²) in [5.41, 5.74) is 3.73. The Labute approximate surface area is 191 Å². The maximum absolute atomic E-state index is 13.7. The fourth-order valence-electron chi connectivity index (χ4n) is 4.22. The summed E-state index contributed by atoms with van der Waals surface area (Å²) < 4.78 is 1.56. The van der Waals surface area contributed by atoms with Gasteiger partial charge < -0.3 is 0 Å². The summed E-state index contributed by atoms with van der Waals surface area (Å²) >= 11 is 0. The highest BCUT2D eigenvalue weighted by Gasteiger charge is 2.37. The summed E-state index contributed by atoms with van der Waals surface area (Å²) in [6.07, 6.45) is 0. The average molecular weight is 434 g/mol. The molecule has 162 valence electrons. The predicted molar refractivity (Wildman–Crippen MR) is 131 cm³/mol. The van der Waals surface area contributed by atoms with E-state index >= 15 is 0 Å². The van der Waals surface area contributed by atoms with Crippen molar-refractivity contribution >= 4 is 23.2 Å². The minimum absolute atomic E-state index is 0.282. The Kier molecular flexibility index (Phi) is 5.11. The second-order valence-electron chi connectivity index (χ2n) is 7.82. The minimum atomic E-state index is -0.440. The number of hydrogen-bond donors (Lipinski definition) is 0. The molecule has 0 N–H and O–H groups in total. The SMILES string of the molecule is C=C1c2c(nc(=O)n(-c3ccccc3)c2C)N(Cc2ccccc2)C(=O)N1c1ccccc1. The van der Waals surface area contributed by atoms with Gasteiger partial charge in [0.1, 0.15) is 0 Å². The first kappa shape index (κ1) is 20.5. The number of aromatic nitrogens is 2. The Hall–Kier alpha value is -4.45. The maximum Gasteiger partial charge on any atom is 0.354 e. The second kappa shape index (κ2) is 8.24. The number of carbonyl (C=O) groups is 1. The van der Waals surface area contributed by atoms with Crippen molar-refractivity contribution in [3.05, 3.63) is 125 Å². The van der Waals surface area contributed by atoms with Crippen LogP contribution in [0.15, 0.2) is 102 Å². The maximum atomic E-state index is 13.7. The smallest absolute Gasteiger partial charge is 0.272 e. The van der Waals surface area contributed by atoms with E-state index in [-0.39, 0.29) is 12.6 Å². The van der Waals surface area contributed by atoms with E-state index in [2.05, 4.69) is 11.6 Å². The molecule has 0 spiro atoms. The molecule has 6 nitrogen and oxygen atoms in total. The fourth-order valence-corrected chi connectivity index (χ4v) is 4.22. The first-order valence-electron chi connectivity index (χ1n) is 10.6. The van der Waals surface area contributed by atoms with Crippen molar-refractivity contribution in [2.45, 2.75) is 13.5 Å². The molecule has 4 aromatic rings. The zero-order valence-corrected chi connectivity index (χ0v) is 18.2. The van der Waals surface area contributed by atoms with Gasteiger partial charge in [-0.15, -0.1) is 0 Å². The number of carbonyl (C=O) groups excluding carboxylic acids is 1. The van der Waals surface area contributed by atoms with Crippen LogP contribution in [-0.4, -0.2) is 15.6 Å². The van der Waals surface area contributed by atoms with Crippen molar-refractivity contribution in [1.29, 1.82) is 0 Å². The van der Waals surface area contributed by atoms with Crippen LogP contribution in [0.3, 0.4) is 0 Å². The average Bonchev–Trinajstić information content (AvgIpc) is 2.83. The van der Waals surface area contributed by atoms with Crippen molar-refractivity contribution in [2.24, 2.45) is 0 Å². The lowest BCUT2D eigenvalue weighted by Gasteiger charge is -2.38. The molecule has 6 heteroatoms. The van der Waals surface area contributed by atoms with Crippen LogP contribution in [0.25, 0.3) is 11.4 Å². The normalized spacial score (nSPS) is 13.2. The van der Waals surface area contributed by atoms with Gasteiger partial charge in [0.15, 0.2) is 5.82 Å². The van der Waals surface area contributed by atoms with Crippen molar-refractivity contribution in [2.75, 3.05) is 9.80 Å². The van der Waals surface area contributed by atoms with Gasteiger partial charge in [0.05, 0.1) is 29.2 Å². The largest absolute Gasteiger partial charge is 0.354 e. The topological polar surface area (TPSA) is 58.4 Å². The van der Waals surface area contributed by atoms with E-state index in [1.54, 1.807) is 14.4 Å². The van der Waals surface area contributed by atoms with Crippen LogP contribution in [0, 0.1) is 6.92 Å². The number of fused-ring (bicyclic) bond motifs is 1. The Morgan fingerprint density at radius 1 is 0.788 bits per heavy atom. The summed E-state index contributed by atoms with van der Waals surface area (Å²) in [7, 11) is 0. The van der Waals surface area contributed by atoms with Crippen LogP contribution >= 0.6 is 0 Å². The molecule has 5 rings (SSSR count). The summed E-state index contributed by atoms with van der Waals surface area (Å²) in [5.74, 6) is 0.329. The minimum Gasteiger partial charge on any atom is -0.272 e. The Morgan fingerprint density at radius 3 is 1.94 bits per heavy atom. The quantitative estimate of drug-likeness (QED) is 0.446. The highest BCUT2D eigenvalue weighted by atomic mass is 16.2. The van der Waals surface area contributed by atoms with Gasteiger partial charge in [0, 0.05) is 5.69 Å². The molecule has 3 aromatic carbocycles. The van der Waals surface area contributed by atoms with Gasteiger partial charge in [-0.2, -0.15) is 4.98 Å². The van der Waals surface area contributed by atoms with Crippen LogP contribution in [0.2, 0.25) is 0 Å². The molecule has 1 aliphatic heterocycles. The zero-order valence-electron chi connectivity index (χ0n) is 18.2. The molecule has 1 aliphatic rings. The number of benzene rings is 3. The van der Waals surface area contributed by atoms with Gasteiger partial charge in [-0.1, -0.05) is 73.3 Å². The Bertz CT molecular complexity index is 1400. The third-order valence-electron chi connectivity index (χ3n) is 5.76. The Balaban J connectivity index is 1.74. The van der Waals surface area contributed by atoms with Crippen molar-refractivity contribution in [1.82, 2.24) is 9.55 Å². The number of urea groups is 1. The van der Waals surface area contributed by atoms with Gasteiger partial charge in [-0.25, -0.2) is 9.59 Å². The van der Waals surface area contributed by atoms with Crippen molar-refractivity contribution < 1.29 is 4.79 Å². The molecule has 0 radical (unpaired) electrons. The van der Waals surface area contributed by atoms with Crippen LogP contribution < -0.4 is 15.5 Å². The van der Waals surface area contributed by atoms with E-state index in [0.717, 1.165) is 5.56 Å². The van der Waals surface area contributed by atoms with Crippen molar-refractivity contribution in [3.63, 3.8) is 0 Å². The molecule has 33 heavy (non-hydrogen) atoms. The Morgan fingerprint density at radius 2 is 1.33 bits per heavy atom. The van der Waals surface area contributed by atoms with Gasteiger partial charge in [0.2, 0.25) is 0 Å². The molecule has 2 heterocycles. The molecule has 0 saturated heterocycles. The molecular weight excluding hydrogens is 412 g/mol. The number of rotatable bonds is 4. The number of amides is 2. The standard InChI is InChI=1S/C27H22N4O2/c1-19-24-20(2)31(23-16-10-5-11-17-23)27(33)29(18-21-12-6-3-7-13-21)25(24)28-26(32)30(19)22-14-8-4-9-15-22/h3-17H,2,18H2,1H3. The van der Waals surface area contributed by atoms with Crippen LogP contribution in [0.5, 0.6) is 0 Å². The van der Waals surface area contributed by atoms with E-state index in [0.29, 0.717) is 34.1 Å². The lowest BCUT2D eigenvalue weighted by Crippen LogP contribution is -2.48. The highest BCUT2D eigenvalue weighted by Crippen LogP contribution is 2.39. The first-order valence-corrected chi connectivity index (χ1v) is 10.6. The molecule has 0 aliphatic carbocycles. The van der Waals surface area contributed by atoms with Gasteiger partial charge in [-0.05, 0) is 36.8 Å². The van der Waals surface area contributed by atoms with Gasteiger partial charge in [0.25, 0.3) is 0 Å². The van der Waals surface area contributed by atoms with Crippen LogP contribution in [0.1, 0.15) is 16.8 Å². The van der Waals surface area contributed by atoms with Crippen LogP contribution in [-0.2, 0) is 6.54 Å². The third kappa shape index (κ3) is 3.51. The number of nitrogens with zero attached hydrogens (tertiary/aromatic N) is 4. The monoisotopic (exact) mass is 434 g/mol. The molecular formula is C27H22N4O2. The highest BCUT2D eigenvalue weighted by molar-refractivity contribution is 6.16. The molecule has 0 fully saturated rings. The molecule has 0 atom stereocenters. The van der Waals surface area contributed by atoms with E-state index in [9.17, 15) is 9.59 Å². The lowest BCUT2D eigenvalue weighted by molar-refractivity contribution is 0.252. The van der Waals surface area contributed by atoms with E-state index in [1.807, 2.05) is 97.9 Å². The van der Waals surface area contributed by atoms with E-state index < -0.39 is 5.69 Å². The zero-order chi connectivity index (χ0) is 22.9. The summed E-state index contributed by atoms with van der Waals surface area (Å²) in [4.78, 5) is 34.4. The number of hydrogen-bond acceptors (Lipinski definition) is 3. The molecule has 2 amide bonds. The van der Waals surface area contributed by atoms with Crippen molar-refractivity contribution in [3.8, 4) is 5.69 Å². The molecule has 0 saturated carbocycles. The second-order valence-corrected chi connectivity index (χ2v) is 7.82. The fraction of sp³-hybridized carbons (Fsp3) is 0.0741. The number of anilines is 2. The van der Waals surface area contributed by atoms with Crippen LogP contribution in [0.4, 0.5) is 16.3 Å².